The fraction of sp³-hybridized carbons (Fsp3) is 0.263. The van der Waals surface area contributed by atoms with Gasteiger partial charge in [-0.2, -0.15) is 0 Å². The number of hydrogen-bond donors (Lipinski definition) is 1. The molecule has 0 unspecified atom stereocenters. The van der Waals surface area contributed by atoms with Crippen LogP contribution in [0.2, 0.25) is 0 Å². The lowest BCUT2D eigenvalue weighted by Gasteiger charge is -2.15. The van der Waals surface area contributed by atoms with Crippen LogP contribution in [-0.2, 0) is 4.79 Å². The molecule has 5 nitrogen and oxygen atoms in total. The number of aryl methyl sites for hydroxylation is 3. The number of nitrogens with one attached hydrogen (secondary N) is 1. The number of anilines is 1. The van der Waals surface area contributed by atoms with E-state index in [2.05, 4.69) is 5.32 Å². The summed E-state index contributed by atoms with van der Waals surface area (Å²) in [5.74, 6) is 0.609. The van der Waals surface area contributed by atoms with Crippen molar-refractivity contribution in [3.05, 3.63) is 50.1 Å². The molecule has 0 aliphatic heterocycles. The van der Waals surface area contributed by atoms with Crippen molar-refractivity contribution >= 4 is 40.5 Å². The second kappa shape index (κ2) is 8.33. The van der Waals surface area contributed by atoms with Crippen molar-refractivity contribution in [3.8, 4) is 11.5 Å². The molecule has 1 amide bonds. The van der Waals surface area contributed by atoms with Gasteiger partial charge in [-0.15, -0.1) is 0 Å². The van der Waals surface area contributed by atoms with Crippen LogP contribution in [0.25, 0.3) is 0 Å². The van der Waals surface area contributed by atoms with Gasteiger partial charge in [-0.25, -0.2) is 0 Å². The average Bonchev–Trinajstić information content (AvgIpc) is 2.56. The zero-order valence-electron chi connectivity index (χ0n) is 14.6. The van der Waals surface area contributed by atoms with Crippen LogP contribution in [0.3, 0.4) is 0 Å². The molecule has 0 fully saturated rings. The first-order chi connectivity index (χ1) is 11.8. The topological polar surface area (TPSA) is 64.6 Å². The fourth-order valence-electron chi connectivity index (χ4n) is 2.64. The first kappa shape index (κ1) is 19.2. The lowest BCUT2D eigenvalue weighted by molar-refractivity contribution is -0.118. The Morgan fingerprint density at radius 1 is 1.16 bits per heavy atom. The molecule has 2 aromatic carbocycles. The van der Waals surface area contributed by atoms with Gasteiger partial charge in [-0.1, -0.05) is 17.7 Å². The summed E-state index contributed by atoms with van der Waals surface area (Å²) in [4.78, 5) is 23.2. The van der Waals surface area contributed by atoms with E-state index in [0.29, 0.717) is 20.6 Å². The summed E-state index contributed by atoms with van der Waals surface area (Å²) < 4.78 is 11.6. The normalized spacial score (nSPS) is 10.3. The molecule has 2 rings (SSSR count). The first-order valence-electron chi connectivity index (χ1n) is 7.69. The van der Waals surface area contributed by atoms with Gasteiger partial charge >= 0.3 is 0 Å². The Balaban J connectivity index is 2.12. The highest BCUT2D eigenvalue weighted by molar-refractivity contribution is 14.1. The fourth-order valence-corrected chi connectivity index (χ4v) is 3.42. The number of rotatable bonds is 6. The maximum Gasteiger partial charge on any atom is 0.262 e. The Labute approximate surface area is 160 Å². The maximum atomic E-state index is 12.3. The zero-order chi connectivity index (χ0) is 18.6. The molecule has 1 N–H and O–H groups in total. The molecular formula is C19H20INO4. The quantitative estimate of drug-likeness (QED) is 0.530. The molecule has 0 spiro atoms. The van der Waals surface area contributed by atoms with Gasteiger partial charge in [0.15, 0.2) is 18.1 Å². The van der Waals surface area contributed by atoms with Gasteiger partial charge in [-0.05, 0) is 66.6 Å². The van der Waals surface area contributed by atoms with E-state index < -0.39 is 0 Å². The highest BCUT2D eigenvalue weighted by Crippen LogP contribution is 2.33. The van der Waals surface area contributed by atoms with Crippen LogP contribution in [0, 0.1) is 24.3 Å². The number of carbonyl (C=O) groups excluding carboxylic acids is 2. The molecule has 132 valence electrons. The average molecular weight is 453 g/mol. The predicted molar refractivity (Wildman–Crippen MR) is 106 cm³/mol. The molecule has 0 saturated carbocycles. The number of amides is 1. The van der Waals surface area contributed by atoms with Gasteiger partial charge in [0.1, 0.15) is 6.29 Å². The lowest BCUT2D eigenvalue weighted by atomic mass is 10.1. The molecule has 25 heavy (non-hydrogen) atoms. The largest absolute Gasteiger partial charge is 0.493 e. The van der Waals surface area contributed by atoms with E-state index in [-0.39, 0.29) is 12.5 Å². The minimum absolute atomic E-state index is 0.153. The highest BCUT2D eigenvalue weighted by Gasteiger charge is 2.14. The summed E-state index contributed by atoms with van der Waals surface area (Å²) in [7, 11) is 1.49. The Bertz CT molecular complexity index is 794. The molecule has 0 radical (unpaired) electrons. The summed E-state index contributed by atoms with van der Waals surface area (Å²) in [5, 5.41) is 2.89. The van der Waals surface area contributed by atoms with Crippen LogP contribution in [0.5, 0.6) is 11.5 Å². The predicted octanol–water partition coefficient (Wildman–Crippen LogP) is 4.06. The number of halogens is 1. The van der Waals surface area contributed by atoms with Crippen LogP contribution in [0.15, 0.2) is 24.3 Å². The molecule has 0 aliphatic rings. The van der Waals surface area contributed by atoms with E-state index >= 15 is 0 Å². The Morgan fingerprint density at radius 2 is 1.80 bits per heavy atom. The van der Waals surface area contributed by atoms with E-state index in [0.717, 1.165) is 28.7 Å². The third kappa shape index (κ3) is 4.72. The maximum absolute atomic E-state index is 12.3. The van der Waals surface area contributed by atoms with Crippen molar-refractivity contribution < 1.29 is 19.1 Å². The molecule has 0 aromatic heterocycles. The van der Waals surface area contributed by atoms with Crippen molar-refractivity contribution in [2.24, 2.45) is 0 Å². The van der Waals surface area contributed by atoms with Crippen LogP contribution >= 0.6 is 22.6 Å². The monoisotopic (exact) mass is 453 g/mol. The summed E-state index contributed by atoms with van der Waals surface area (Å²) in [6.45, 7) is 5.78. The van der Waals surface area contributed by atoms with Crippen molar-refractivity contribution in [2.75, 3.05) is 19.0 Å². The standard InChI is InChI=1S/C19H20INO4/c1-11-5-12(2)18(13(3)6-11)21-17(23)10-25-19-15(20)7-14(9-22)8-16(19)24-4/h5-9H,10H2,1-4H3,(H,21,23). The van der Waals surface area contributed by atoms with E-state index in [1.54, 1.807) is 12.1 Å². The third-order valence-corrected chi connectivity index (χ3v) is 4.48. The molecule has 0 aliphatic carbocycles. The summed E-state index contributed by atoms with van der Waals surface area (Å²) in [6.07, 6.45) is 0.740. The Morgan fingerprint density at radius 3 is 2.36 bits per heavy atom. The van der Waals surface area contributed by atoms with Gasteiger partial charge in [0.05, 0.1) is 10.7 Å². The van der Waals surface area contributed by atoms with E-state index in [4.69, 9.17) is 9.47 Å². The molecule has 0 atom stereocenters. The van der Waals surface area contributed by atoms with Crippen LogP contribution in [0.4, 0.5) is 5.69 Å². The highest BCUT2D eigenvalue weighted by atomic mass is 127. The van der Waals surface area contributed by atoms with Gasteiger partial charge in [0, 0.05) is 11.3 Å². The molecular weight excluding hydrogens is 433 g/mol. The Hall–Kier alpha value is -2.09. The summed E-state index contributed by atoms with van der Waals surface area (Å²) >= 11 is 2.05. The molecule has 2 aromatic rings. The lowest BCUT2D eigenvalue weighted by Crippen LogP contribution is -2.21. The van der Waals surface area contributed by atoms with Gasteiger partial charge in [0.25, 0.3) is 5.91 Å². The SMILES string of the molecule is COc1cc(C=O)cc(I)c1OCC(=O)Nc1c(C)cc(C)cc1C. The van der Waals surface area contributed by atoms with Gasteiger partial charge < -0.3 is 14.8 Å². The Kier molecular flexibility index (Phi) is 6.41. The van der Waals surface area contributed by atoms with E-state index in [9.17, 15) is 9.59 Å². The third-order valence-electron chi connectivity index (χ3n) is 3.68. The number of carbonyl (C=O) groups is 2. The number of benzene rings is 2. The summed E-state index contributed by atoms with van der Waals surface area (Å²) in [6, 6.07) is 7.30. The van der Waals surface area contributed by atoms with Crippen molar-refractivity contribution in [1.29, 1.82) is 0 Å². The van der Waals surface area contributed by atoms with Gasteiger partial charge in [0.2, 0.25) is 0 Å². The summed E-state index contributed by atoms with van der Waals surface area (Å²) in [5.41, 5.74) is 4.46. The number of ether oxygens (including phenoxy) is 2. The van der Waals surface area contributed by atoms with E-state index in [1.165, 1.54) is 7.11 Å². The number of hydrogen-bond acceptors (Lipinski definition) is 4. The smallest absolute Gasteiger partial charge is 0.262 e. The van der Waals surface area contributed by atoms with Crippen molar-refractivity contribution in [2.45, 2.75) is 20.8 Å². The zero-order valence-corrected chi connectivity index (χ0v) is 16.8. The number of aldehydes is 1. The van der Waals surface area contributed by atoms with Crippen molar-refractivity contribution in [1.82, 2.24) is 0 Å². The molecule has 0 heterocycles. The number of methoxy groups -OCH3 is 1. The minimum Gasteiger partial charge on any atom is -0.493 e. The second-order valence-electron chi connectivity index (χ2n) is 5.76. The second-order valence-corrected chi connectivity index (χ2v) is 6.92. The van der Waals surface area contributed by atoms with Crippen LogP contribution in [0.1, 0.15) is 27.0 Å². The molecule has 0 bridgehead atoms. The first-order valence-corrected chi connectivity index (χ1v) is 8.76. The molecule has 0 saturated heterocycles. The minimum atomic E-state index is -0.257. The van der Waals surface area contributed by atoms with Crippen LogP contribution in [-0.4, -0.2) is 25.9 Å². The van der Waals surface area contributed by atoms with Crippen LogP contribution < -0.4 is 14.8 Å². The van der Waals surface area contributed by atoms with Gasteiger partial charge in [-0.3, -0.25) is 9.59 Å². The van der Waals surface area contributed by atoms with E-state index in [1.807, 2.05) is 55.5 Å². The van der Waals surface area contributed by atoms with Crippen molar-refractivity contribution in [3.63, 3.8) is 0 Å². The molecule has 6 heteroatoms.